The number of likely N-dealkylation sites (tertiary alicyclic amines) is 1. The van der Waals surface area contributed by atoms with E-state index in [4.69, 9.17) is 20.2 Å². The number of aromatic nitrogens is 4. The van der Waals surface area contributed by atoms with E-state index in [-0.39, 0.29) is 0 Å². The number of methoxy groups -OCH3 is 2. The van der Waals surface area contributed by atoms with Crippen molar-refractivity contribution >= 4 is 80.8 Å². The van der Waals surface area contributed by atoms with Gasteiger partial charge in [-0.15, -0.1) is 0 Å². The molecule has 2 aromatic heterocycles. The van der Waals surface area contributed by atoms with E-state index in [2.05, 4.69) is 81.8 Å². The fraction of sp³-hybridized carbons (Fsp3) is 0.432. The van der Waals surface area contributed by atoms with Gasteiger partial charge in [0, 0.05) is 98.7 Å². The van der Waals surface area contributed by atoms with Crippen molar-refractivity contribution in [3.8, 4) is 5.75 Å². The molecule has 2 saturated heterocycles. The number of hydrogen-bond acceptors (Lipinski definition) is 12. The molecule has 4 aromatic rings. The topological polar surface area (TPSA) is 139 Å². The van der Waals surface area contributed by atoms with Crippen molar-refractivity contribution in [1.29, 1.82) is 0 Å². The second-order valence-corrected chi connectivity index (χ2v) is 16.4. The molecule has 4 N–H and O–H groups in total. The summed E-state index contributed by atoms with van der Waals surface area (Å²) in [5, 5.41) is 8.10. The molecule has 4 heterocycles. The Hall–Kier alpha value is -3.90. The minimum absolute atomic E-state index is 0.394. The van der Waals surface area contributed by atoms with Gasteiger partial charge < -0.3 is 35.6 Å². The molecular formula is C37H48BrN10O2P. The molecule has 2 aliphatic heterocycles. The predicted molar refractivity (Wildman–Crippen MR) is 215 cm³/mol. The Morgan fingerprint density at radius 3 is 2.45 bits per heavy atom. The maximum absolute atomic E-state index is 6.22. The van der Waals surface area contributed by atoms with E-state index in [0.29, 0.717) is 22.9 Å². The maximum Gasteiger partial charge on any atom is 0.229 e. The van der Waals surface area contributed by atoms with E-state index in [1.165, 1.54) is 12.8 Å². The average molecular weight is 776 g/mol. The van der Waals surface area contributed by atoms with Crippen molar-refractivity contribution in [2.45, 2.75) is 25.7 Å². The summed E-state index contributed by atoms with van der Waals surface area (Å²) < 4.78 is 12.0. The molecule has 12 nitrogen and oxygen atoms in total. The number of benzene rings is 2. The highest BCUT2D eigenvalue weighted by atomic mass is 79.9. The summed E-state index contributed by atoms with van der Waals surface area (Å²) in [4.78, 5) is 28.0. The summed E-state index contributed by atoms with van der Waals surface area (Å²) in [6.45, 7) is 10.4. The van der Waals surface area contributed by atoms with Crippen molar-refractivity contribution in [1.82, 2.24) is 24.8 Å². The first-order chi connectivity index (χ1) is 24.8. The van der Waals surface area contributed by atoms with Crippen molar-refractivity contribution in [2.75, 3.05) is 89.5 Å². The molecule has 6 rings (SSSR count). The van der Waals surface area contributed by atoms with Crippen molar-refractivity contribution in [3.63, 3.8) is 0 Å². The van der Waals surface area contributed by atoms with Gasteiger partial charge in [0.05, 0.1) is 34.9 Å². The third-order valence-electron chi connectivity index (χ3n) is 10.1. The second-order valence-electron chi connectivity index (χ2n) is 13.3. The Morgan fingerprint density at radius 1 is 1.02 bits per heavy atom. The Bertz CT molecular complexity index is 1890. The highest BCUT2D eigenvalue weighted by molar-refractivity contribution is 9.10. The van der Waals surface area contributed by atoms with Crippen molar-refractivity contribution < 1.29 is 9.47 Å². The van der Waals surface area contributed by atoms with E-state index in [1.54, 1.807) is 52.3 Å². The number of nitrogens with one attached hydrogen (secondary N) is 2. The lowest BCUT2D eigenvalue weighted by Gasteiger charge is -2.47. The first-order valence-electron chi connectivity index (χ1n) is 17.3. The Balaban J connectivity index is 1.27. The lowest BCUT2D eigenvalue weighted by molar-refractivity contribution is 0.0618. The Morgan fingerprint density at radius 2 is 1.76 bits per heavy atom. The summed E-state index contributed by atoms with van der Waals surface area (Å²) in [6.07, 6.45) is 13.4. The third kappa shape index (κ3) is 8.27. The van der Waals surface area contributed by atoms with Gasteiger partial charge in [0.15, 0.2) is 0 Å². The van der Waals surface area contributed by atoms with Crippen molar-refractivity contribution in [2.24, 2.45) is 16.1 Å². The maximum atomic E-state index is 6.22. The van der Waals surface area contributed by atoms with Gasteiger partial charge in [0.25, 0.3) is 0 Å². The third-order valence-corrected chi connectivity index (χ3v) is 12.0. The van der Waals surface area contributed by atoms with Gasteiger partial charge in [0.2, 0.25) is 5.95 Å². The van der Waals surface area contributed by atoms with Crippen LogP contribution in [0.3, 0.4) is 0 Å². The van der Waals surface area contributed by atoms with Crippen LogP contribution in [0.25, 0.3) is 16.6 Å². The number of nitrogens with zero attached hydrogens (tertiary/aromatic N) is 7. The number of halogens is 1. The number of allylic oxidation sites excluding steroid dienone is 1. The molecule has 1 spiro atoms. The van der Waals surface area contributed by atoms with E-state index in [9.17, 15) is 0 Å². The molecule has 2 fully saturated rings. The molecule has 14 heteroatoms. The molecule has 0 radical (unpaired) electrons. The molecular weight excluding hydrogens is 727 g/mol. The van der Waals surface area contributed by atoms with Crippen LogP contribution in [0.1, 0.15) is 31.2 Å². The standard InChI is InChI=1S/C37H48BrN10O2P/c1-40-23-25(22-39)26-20-30(32(50-3)21-31(26)48-16-10-37(11-17-48)8-14-47(15-9-37)18-19-49-2)45-36-43-24-27(38)35(46-36)44-29-7-6-28-33(34(29)51(4)5)42-13-12-41-28/h6-7,12-13,20-24H,8-11,14-19,39H2,1-5H3,(H2,43,44,45,46). The molecule has 0 bridgehead atoms. The zero-order chi connectivity index (χ0) is 36.0. The summed E-state index contributed by atoms with van der Waals surface area (Å²) in [7, 11) is 4.72. The van der Waals surface area contributed by atoms with Crippen LogP contribution < -0.4 is 31.3 Å². The van der Waals surface area contributed by atoms with Crippen LogP contribution in [0.4, 0.5) is 28.8 Å². The van der Waals surface area contributed by atoms with E-state index < -0.39 is 7.92 Å². The quantitative estimate of drug-likeness (QED) is 0.109. The summed E-state index contributed by atoms with van der Waals surface area (Å²) in [5.74, 6) is 1.72. The fourth-order valence-electron chi connectivity index (χ4n) is 7.20. The second kappa shape index (κ2) is 16.6. The summed E-state index contributed by atoms with van der Waals surface area (Å²) in [5.41, 5.74) is 12.9. The van der Waals surface area contributed by atoms with E-state index >= 15 is 0 Å². The van der Waals surface area contributed by atoms with Crippen LogP contribution in [0.15, 0.2) is 58.5 Å². The van der Waals surface area contributed by atoms with Gasteiger partial charge in [-0.1, -0.05) is 7.92 Å². The van der Waals surface area contributed by atoms with Crippen LogP contribution in [0, 0.1) is 5.41 Å². The minimum atomic E-state index is -0.502. The Labute approximate surface area is 310 Å². The van der Waals surface area contributed by atoms with Gasteiger partial charge in [-0.3, -0.25) is 15.0 Å². The number of ether oxygens (including phenoxy) is 2. The molecule has 270 valence electrons. The largest absolute Gasteiger partial charge is 0.494 e. The number of anilines is 5. The molecule has 2 aliphatic rings. The van der Waals surface area contributed by atoms with Gasteiger partial charge >= 0.3 is 0 Å². The normalized spacial score (nSPS) is 16.8. The van der Waals surface area contributed by atoms with Crippen LogP contribution >= 0.6 is 23.9 Å². The minimum Gasteiger partial charge on any atom is -0.494 e. The summed E-state index contributed by atoms with van der Waals surface area (Å²) >= 11 is 3.65. The van der Waals surface area contributed by atoms with Crippen LogP contribution in [-0.2, 0) is 4.74 Å². The number of rotatable bonds is 12. The highest BCUT2D eigenvalue weighted by Gasteiger charge is 2.38. The highest BCUT2D eigenvalue weighted by Crippen LogP contribution is 2.45. The molecule has 0 aliphatic carbocycles. The summed E-state index contributed by atoms with van der Waals surface area (Å²) in [6, 6.07) is 8.18. The zero-order valence-electron chi connectivity index (χ0n) is 30.1. The number of aliphatic imine (C=N–C) groups is 1. The van der Waals surface area contributed by atoms with Gasteiger partial charge in [-0.2, -0.15) is 4.98 Å². The van der Waals surface area contributed by atoms with Gasteiger partial charge in [-0.05, 0) is 91.6 Å². The van der Waals surface area contributed by atoms with Gasteiger partial charge in [-0.25, -0.2) is 4.98 Å². The zero-order valence-corrected chi connectivity index (χ0v) is 32.6. The number of fused-ring (bicyclic) bond motifs is 1. The molecule has 0 amide bonds. The van der Waals surface area contributed by atoms with Crippen LogP contribution in [-0.4, -0.2) is 105 Å². The Kier molecular flexibility index (Phi) is 12.0. The first kappa shape index (κ1) is 36.9. The first-order valence-corrected chi connectivity index (χ1v) is 20.3. The predicted octanol–water partition coefficient (Wildman–Crippen LogP) is 6.37. The number of piperidine rings is 2. The smallest absolute Gasteiger partial charge is 0.229 e. The van der Waals surface area contributed by atoms with Crippen molar-refractivity contribution in [3.05, 3.63) is 59.1 Å². The monoisotopic (exact) mass is 774 g/mol. The lowest BCUT2D eigenvalue weighted by Crippen LogP contribution is -2.47. The molecule has 0 saturated carbocycles. The van der Waals surface area contributed by atoms with Gasteiger partial charge in [0.1, 0.15) is 11.6 Å². The number of hydrogen-bond donors (Lipinski definition) is 3. The van der Waals surface area contributed by atoms with Crippen LogP contribution in [0.5, 0.6) is 5.75 Å². The molecule has 0 unspecified atom stereocenters. The SMILES string of the molecule is CN=CC(=CN)c1cc(Nc2ncc(Br)c(Nc3ccc4nccnc4c3P(C)C)n2)c(OC)cc1N1CCC2(CCN(CCOC)CC2)CC1. The van der Waals surface area contributed by atoms with Crippen LogP contribution in [0.2, 0.25) is 0 Å². The molecule has 51 heavy (non-hydrogen) atoms. The average Bonchev–Trinajstić information content (AvgIpc) is 3.15. The molecule has 0 atom stereocenters. The number of nitrogens with two attached hydrogens (primary N) is 1. The lowest BCUT2D eigenvalue weighted by atomic mass is 9.71. The van der Waals surface area contributed by atoms with E-state index in [0.717, 1.165) is 101 Å². The molecule has 2 aromatic carbocycles. The van der Waals surface area contributed by atoms with E-state index in [1.807, 2.05) is 12.1 Å². The fourth-order valence-corrected chi connectivity index (χ4v) is 8.70.